The summed E-state index contributed by atoms with van der Waals surface area (Å²) >= 11 is 0. The fraction of sp³-hybridized carbons (Fsp3) is 0.167. The first-order valence-corrected chi connectivity index (χ1v) is 2.90. The van der Waals surface area contributed by atoms with Crippen molar-refractivity contribution in [2.75, 3.05) is 5.32 Å². The second-order valence-electron chi connectivity index (χ2n) is 1.77. The van der Waals surface area contributed by atoms with E-state index in [1.165, 1.54) is 12.3 Å². The minimum Gasteiger partial charge on any atom is -0.363 e. The van der Waals surface area contributed by atoms with Crippen LogP contribution in [0.25, 0.3) is 0 Å². The average Bonchev–Trinajstić information content (AvgIpc) is 2.40. The molecule has 11 heavy (non-hydrogen) atoms. The van der Waals surface area contributed by atoms with Gasteiger partial charge in [-0.25, -0.2) is 0 Å². The lowest BCUT2D eigenvalue weighted by Crippen LogP contribution is -2.09. The van der Waals surface area contributed by atoms with Crippen LogP contribution in [0.4, 0.5) is 5.82 Å². The third kappa shape index (κ3) is 2.10. The van der Waals surface area contributed by atoms with Crippen molar-refractivity contribution in [3.8, 4) is 6.07 Å². The molecule has 0 atom stereocenters. The molecule has 1 N–H and O–H groups in total. The number of anilines is 1. The summed E-state index contributed by atoms with van der Waals surface area (Å²) in [5.74, 6) is -0.0633. The fourth-order valence-corrected chi connectivity index (χ4v) is 0.536. The molecule has 1 aromatic heterocycles. The summed E-state index contributed by atoms with van der Waals surface area (Å²) in [6, 6.07) is 3.20. The van der Waals surface area contributed by atoms with E-state index in [1.807, 2.05) is 0 Å². The summed E-state index contributed by atoms with van der Waals surface area (Å²) < 4.78 is 4.45. The average molecular weight is 151 g/mol. The molecular formula is C6H5N3O2. The lowest BCUT2D eigenvalue weighted by molar-refractivity contribution is -0.115. The van der Waals surface area contributed by atoms with E-state index >= 15 is 0 Å². The Morgan fingerprint density at radius 2 is 2.73 bits per heavy atom. The van der Waals surface area contributed by atoms with Crippen LogP contribution in [0, 0.1) is 11.3 Å². The minimum absolute atomic E-state index is 0.174. The molecule has 0 bridgehead atoms. The maximum atomic E-state index is 10.7. The van der Waals surface area contributed by atoms with Gasteiger partial charge in [0, 0.05) is 6.07 Å². The van der Waals surface area contributed by atoms with Crippen LogP contribution in [0.5, 0.6) is 0 Å². The zero-order valence-electron chi connectivity index (χ0n) is 5.57. The van der Waals surface area contributed by atoms with E-state index in [4.69, 9.17) is 5.26 Å². The Hall–Kier alpha value is -1.83. The van der Waals surface area contributed by atoms with Crippen LogP contribution in [0.3, 0.4) is 0 Å². The summed E-state index contributed by atoms with van der Waals surface area (Å²) in [7, 11) is 0. The Labute approximate surface area is 62.6 Å². The molecule has 5 heteroatoms. The van der Waals surface area contributed by atoms with E-state index in [0.717, 1.165) is 0 Å². The molecule has 0 unspecified atom stereocenters. The number of nitriles is 1. The van der Waals surface area contributed by atoms with Crippen molar-refractivity contribution in [3.63, 3.8) is 0 Å². The highest BCUT2D eigenvalue weighted by Gasteiger charge is 2.01. The van der Waals surface area contributed by atoms with Gasteiger partial charge >= 0.3 is 0 Å². The van der Waals surface area contributed by atoms with Crippen molar-refractivity contribution in [3.05, 3.63) is 12.3 Å². The molecule has 1 rings (SSSR count). The van der Waals surface area contributed by atoms with Crippen LogP contribution < -0.4 is 5.32 Å². The van der Waals surface area contributed by atoms with Crippen molar-refractivity contribution < 1.29 is 9.32 Å². The normalized spacial score (nSPS) is 8.64. The number of rotatable bonds is 2. The number of carbonyl (C=O) groups is 1. The van der Waals surface area contributed by atoms with Crippen molar-refractivity contribution in [2.45, 2.75) is 6.42 Å². The maximum Gasteiger partial charge on any atom is 0.239 e. The second-order valence-corrected chi connectivity index (χ2v) is 1.77. The van der Waals surface area contributed by atoms with Gasteiger partial charge in [-0.1, -0.05) is 5.16 Å². The first-order chi connectivity index (χ1) is 5.33. The van der Waals surface area contributed by atoms with Gasteiger partial charge in [0.1, 0.15) is 12.7 Å². The Morgan fingerprint density at radius 1 is 1.91 bits per heavy atom. The van der Waals surface area contributed by atoms with E-state index in [0.29, 0.717) is 5.82 Å². The van der Waals surface area contributed by atoms with E-state index < -0.39 is 0 Å². The molecular weight excluding hydrogens is 146 g/mol. The van der Waals surface area contributed by atoms with Gasteiger partial charge in [-0.15, -0.1) is 0 Å². The quantitative estimate of drug-likeness (QED) is 0.668. The molecule has 1 aromatic rings. The molecule has 0 aliphatic rings. The van der Waals surface area contributed by atoms with Gasteiger partial charge in [-0.05, 0) is 0 Å². The highest BCUT2D eigenvalue weighted by Crippen LogP contribution is 2.00. The second kappa shape index (κ2) is 3.37. The third-order valence-electron chi connectivity index (χ3n) is 0.945. The number of aromatic nitrogens is 1. The van der Waals surface area contributed by atoms with E-state index in [1.54, 1.807) is 6.07 Å². The largest absolute Gasteiger partial charge is 0.363 e. The topological polar surface area (TPSA) is 78.9 Å². The molecule has 0 aromatic carbocycles. The van der Waals surface area contributed by atoms with Gasteiger partial charge in [0.15, 0.2) is 5.82 Å². The molecule has 0 spiro atoms. The number of amides is 1. The first-order valence-electron chi connectivity index (χ1n) is 2.90. The van der Waals surface area contributed by atoms with Crippen molar-refractivity contribution in [1.29, 1.82) is 5.26 Å². The van der Waals surface area contributed by atoms with Crippen LogP contribution in [0.15, 0.2) is 16.9 Å². The minimum atomic E-state index is -0.388. The van der Waals surface area contributed by atoms with Crippen LogP contribution in [-0.4, -0.2) is 11.1 Å². The molecule has 0 radical (unpaired) electrons. The fourth-order valence-electron chi connectivity index (χ4n) is 0.536. The van der Waals surface area contributed by atoms with E-state index in [2.05, 4.69) is 15.0 Å². The van der Waals surface area contributed by atoms with Crippen molar-refractivity contribution >= 4 is 11.7 Å². The van der Waals surface area contributed by atoms with Gasteiger partial charge in [-0.3, -0.25) is 4.79 Å². The van der Waals surface area contributed by atoms with Crippen molar-refractivity contribution in [1.82, 2.24) is 5.16 Å². The molecule has 0 aliphatic heterocycles. The third-order valence-corrected chi connectivity index (χ3v) is 0.945. The summed E-state index contributed by atoms with van der Waals surface area (Å²) in [4.78, 5) is 10.7. The van der Waals surface area contributed by atoms with Crippen LogP contribution in [0.1, 0.15) is 6.42 Å². The Kier molecular flexibility index (Phi) is 2.23. The Morgan fingerprint density at radius 3 is 3.27 bits per heavy atom. The molecule has 5 nitrogen and oxygen atoms in total. The number of nitrogens with zero attached hydrogens (tertiary/aromatic N) is 2. The predicted octanol–water partition coefficient (Wildman–Crippen LogP) is 0.527. The number of hydrogen-bond acceptors (Lipinski definition) is 4. The molecule has 0 fully saturated rings. The molecule has 1 amide bonds. The van der Waals surface area contributed by atoms with E-state index in [-0.39, 0.29) is 12.3 Å². The Bertz CT molecular complexity index is 273. The SMILES string of the molecule is N#CCC(=O)Nc1ccon1. The molecule has 0 saturated carbocycles. The summed E-state index contributed by atoms with van der Waals surface area (Å²) in [6.45, 7) is 0. The smallest absolute Gasteiger partial charge is 0.239 e. The summed E-state index contributed by atoms with van der Waals surface area (Å²) in [6.07, 6.45) is 1.16. The van der Waals surface area contributed by atoms with Gasteiger partial charge < -0.3 is 9.84 Å². The van der Waals surface area contributed by atoms with Crippen LogP contribution in [0.2, 0.25) is 0 Å². The maximum absolute atomic E-state index is 10.7. The first kappa shape index (κ1) is 7.28. The predicted molar refractivity (Wildman–Crippen MR) is 35.4 cm³/mol. The van der Waals surface area contributed by atoms with Gasteiger partial charge in [-0.2, -0.15) is 5.26 Å². The van der Waals surface area contributed by atoms with Crippen molar-refractivity contribution in [2.24, 2.45) is 0 Å². The summed E-state index contributed by atoms with van der Waals surface area (Å²) in [5.41, 5.74) is 0. The zero-order valence-corrected chi connectivity index (χ0v) is 5.57. The number of nitrogens with one attached hydrogen (secondary N) is 1. The molecule has 1 heterocycles. The summed E-state index contributed by atoms with van der Waals surface area (Å²) in [5, 5.41) is 13.9. The number of hydrogen-bond donors (Lipinski definition) is 1. The molecule has 0 aliphatic carbocycles. The number of carbonyl (C=O) groups excluding carboxylic acids is 1. The Balaban J connectivity index is 2.45. The highest BCUT2D eigenvalue weighted by atomic mass is 16.5. The van der Waals surface area contributed by atoms with E-state index in [9.17, 15) is 4.79 Å². The van der Waals surface area contributed by atoms with Gasteiger partial charge in [0.25, 0.3) is 0 Å². The zero-order chi connectivity index (χ0) is 8.10. The standard InChI is InChI=1S/C6H5N3O2/c7-3-1-6(10)8-5-2-4-11-9-5/h2,4H,1H2,(H,8,9,10). The lowest BCUT2D eigenvalue weighted by Gasteiger charge is -1.92. The molecule has 56 valence electrons. The van der Waals surface area contributed by atoms with Crippen LogP contribution in [-0.2, 0) is 4.79 Å². The lowest BCUT2D eigenvalue weighted by atomic mass is 10.4. The molecule has 0 saturated heterocycles. The van der Waals surface area contributed by atoms with Gasteiger partial charge in [0.2, 0.25) is 5.91 Å². The van der Waals surface area contributed by atoms with Gasteiger partial charge in [0.05, 0.1) is 6.07 Å². The monoisotopic (exact) mass is 151 g/mol. The van der Waals surface area contributed by atoms with Crippen LogP contribution >= 0.6 is 0 Å². The highest BCUT2D eigenvalue weighted by molar-refractivity contribution is 5.90.